The van der Waals surface area contributed by atoms with Crippen molar-refractivity contribution in [2.24, 2.45) is 0 Å². The Morgan fingerprint density at radius 2 is 1.59 bits per heavy atom. The summed E-state index contributed by atoms with van der Waals surface area (Å²) in [5.41, 5.74) is -1.11. The molecule has 10 heteroatoms. The molecule has 29 heavy (non-hydrogen) atoms. The zero-order valence-electron chi connectivity index (χ0n) is 15.3. The van der Waals surface area contributed by atoms with Crippen molar-refractivity contribution in [2.75, 3.05) is 30.3 Å². The molecule has 2 N–H and O–H groups in total. The lowest BCUT2D eigenvalue weighted by molar-refractivity contribution is -0.137. The molecule has 2 aromatic carbocycles. The highest BCUT2D eigenvalue weighted by Crippen LogP contribution is 2.34. The Balaban J connectivity index is 1.97. The van der Waals surface area contributed by atoms with Crippen LogP contribution in [0.1, 0.15) is 12.5 Å². The molecule has 0 aliphatic carbocycles. The van der Waals surface area contributed by atoms with Crippen molar-refractivity contribution in [1.82, 2.24) is 4.90 Å². The zero-order valence-corrected chi connectivity index (χ0v) is 16.1. The standard InChI is InChI=1S/C19H18ClF4N3O2/c1-2-27(11-18(29)26-16-8-7-12(21)9-14(16)20)10-17(28)25-15-6-4-3-5-13(15)19(22,23)24/h3-9H,2,10-11H2,1H3,(H,25,28)(H,26,29). The lowest BCUT2D eigenvalue weighted by Gasteiger charge is -2.20. The van der Waals surface area contributed by atoms with Gasteiger partial charge in [-0.05, 0) is 36.9 Å². The van der Waals surface area contributed by atoms with Crippen LogP contribution in [0.2, 0.25) is 5.02 Å². The van der Waals surface area contributed by atoms with E-state index in [4.69, 9.17) is 11.6 Å². The van der Waals surface area contributed by atoms with Crippen LogP contribution in [0.25, 0.3) is 0 Å². The van der Waals surface area contributed by atoms with E-state index in [-0.39, 0.29) is 29.5 Å². The Morgan fingerprint density at radius 1 is 1.00 bits per heavy atom. The van der Waals surface area contributed by atoms with Gasteiger partial charge in [0, 0.05) is 0 Å². The second-order valence-corrected chi connectivity index (χ2v) is 6.47. The van der Waals surface area contributed by atoms with Gasteiger partial charge in [0.05, 0.1) is 35.1 Å². The maximum absolute atomic E-state index is 13.1. The van der Waals surface area contributed by atoms with Crippen LogP contribution >= 0.6 is 11.6 Å². The first-order valence-corrected chi connectivity index (χ1v) is 8.91. The van der Waals surface area contributed by atoms with Crippen molar-refractivity contribution in [1.29, 1.82) is 0 Å². The summed E-state index contributed by atoms with van der Waals surface area (Å²) in [7, 11) is 0. The van der Waals surface area contributed by atoms with Crippen LogP contribution in [0.15, 0.2) is 42.5 Å². The lowest BCUT2D eigenvalue weighted by atomic mass is 10.1. The van der Waals surface area contributed by atoms with E-state index in [1.165, 1.54) is 23.1 Å². The number of hydrogen-bond donors (Lipinski definition) is 2. The maximum atomic E-state index is 13.1. The van der Waals surface area contributed by atoms with E-state index >= 15 is 0 Å². The quantitative estimate of drug-likeness (QED) is 0.639. The third-order valence-electron chi connectivity index (χ3n) is 3.89. The first-order chi connectivity index (χ1) is 13.6. The second-order valence-electron chi connectivity index (χ2n) is 6.07. The van der Waals surface area contributed by atoms with Gasteiger partial charge in [0.1, 0.15) is 5.82 Å². The summed E-state index contributed by atoms with van der Waals surface area (Å²) in [6, 6.07) is 8.09. The Bertz CT molecular complexity index is 890. The first kappa shape index (κ1) is 22.6. The molecule has 0 unspecified atom stereocenters. The number of amides is 2. The molecule has 0 bridgehead atoms. The zero-order chi connectivity index (χ0) is 21.6. The minimum atomic E-state index is -4.61. The van der Waals surface area contributed by atoms with Gasteiger partial charge in [-0.2, -0.15) is 13.2 Å². The Kier molecular flexibility index (Phi) is 7.58. The molecule has 0 atom stereocenters. The van der Waals surface area contributed by atoms with E-state index in [9.17, 15) is 27.2 Å². The van der Waals surface area contributed by atoms with Crippen molar-refractivity contribution < 1.29 is 27.2 Å². The molecule has 2 amide bonds. The summed E-state index contributed by atoms with van der Waals surface area (Å²) >= 11 is 5.85. The summed E-state index contributed by atoms with van der Waals surface area (Å²) < 4.78 is 52.1. The molecule has 2 rings (SSSR count). The fraction of sp³-hybridized carbons (Fsp3) is 0.263. The van der Waals surface area contributed by atoms with Gasteiger partial charge in [-0.1, -0.05) is 30.7 Å². The molecule has 0 fully saturated rings. The fourth-order valence-electron chi connectivity index (χ4n) is 2.50. The van der Waals surface area contributed by atoms with Crippen molar-refractivity contribution >= 4 is 34.8 Å². The molecule has 0 spiro atoms. The molecule has 0 saturated heterocycles. The average molecular weight is 432 g/mol. The molecular weight excluding hydrogens is 414 g/mol. The van der Waals surface area contributed by atoms with Crippen molar-refractivity contribution in [2.45, 2.75) is 13.1 Å². The predicted octanol–water partition coefficient (Wildman–Crippen LogP) is 4.40. The van der Waals surface area contributed by atoms with Crippen LogP contribution in [0.3, 0.4) is 0 Å². The number of likely N-dealkylation sites (N-methyl/N-ethyl adjacent to an activating group) is 1. The van der Waals surface area contributed by atoms with E-state index in [0.717, 1.165) is 24.3 Å². The van der Waals surface area contributed by atoms with Gasteiger partial charge < -0.3 is 10.6 Å². The van der Waals surface area contributed by atoms with Crippen LogP contribution in [-0.2, 0) is 15.8 Å². The highest BCUT2D eigenvalue weighted by atomic mass is 35.5. The Hall–Kier alpha value is -2.65. The average Bonchev–Trinajstić information content (AvgIpc) is 2.63. The summed E-state index contributed by atoms with van der Waals surface area (Å²) in [5.74, 6) is -1.76. The molecule has 0 radical (unpaired) electrons. The number of hydrogen-bond acceptors (Lipinski definition) is 3. The van der Waals surface area contributed by atoms with Crippen LogP contribution in [0, 0.1) is 5.82 Å². The highest BCUT2D eigenvalue weighted by Gasteiger charge is 2.33. The van der Waals surface area contributed by atoms with Gasteiger partial charge in [-0.15, -0.1) is 0 Å². The number of carbonyl (C=O) groups is 2. The molecule has 5 nitrogen and oxygen atoms in total. The maximum Gasteiger partial charge on any atom is 0.418 e. The second kappa shape index (κ2) is 9.71. The number of anilines is 2. The Morgan fingerprint density at radius 3 is 2.14 bits per heavy atom. The molecule has 156 valence electrons. The molecule has 0 aliphatic rings. The van der Waals surface area contributed by atoms with Gasteiger partial charge in [-0.3, -0.25) is 14.5 Å². The number of benzene rings is 2. The summed E-state index contributed by atoms with van der Waals surface area (Å²) in [6.07, 6.45) is -4.61. The van der Waals surface area contributed by atoms with Crippen LogP contribution in [0.5, 0.6) is 0 Å². The van der Waals surface area contributed by atoms with Crippen molar-refractivity contribution in [3.63, 3.8) is 0 Å². The predicted molar refractivity (Wildman–Crippen MR) is 102 cm³/mol. The number of rotatable bonds is 7. The van der Waals surface area contributed by atoms with E-state index in [2.05, 4.69) is 10.6 Å². The smallest absolute Gasteiger partial charge is 0.324 e. The van der Waals surface area contributed by atoms with E-state index in [1.54, 1.807) is 6.92 Å². The molecule has 0 saturated carbocycles. The third kappa shape index (κ3) is 6.72. The number of carbonyl (C=O) groups excluding carboxylic acids is 2. The molecular formula is C19H18ClF4N3O2. The largest absolute Gasteiger partial charge is 0.418 e. The number of para-hydroxylation sites is 1. The van der Waals surface area contributed by atoms with Gasteiger partial charge in [0.25, 0.3) is 0 Å². The third-order valence-corrected chi connectivity index (χ3v) is 4.21. The van der Waals surface area contributed by atoms with Crippen molar-refractivity contribution in [3.8, 4) is 0 Å². The van der Waals surface area contributed by atoms with Gasteiger partial charge in [0.15, 0.2) is 0 Å². The first-order valence-electron chi connectivity index (χ1n) is 8.53. The summed E-state index contributed by atoms with van der Waals surface area (Å²) in [4.78, 5) is 25.8. The van der Waals surface area contributed by atoms with Gasteiger partial charge in [-0.25, -0.2) is 4.39 Å². The minimum Gasteiger partial charge on any atom is -0.324 e. The normalized spacial score (nSPS) is 11.4. The fourth-order valence-corrected chi connectivity index (χ4v) is 2.71. The topological polar surface area (TPSA) is 61.4 Å². The number of alkyl halides is 3. The number of halogens is 5. The molecule has 0 aliphatic heterocycles. The van der Waals surface area contributed by atoms with Gasteiger partial charge in [0.2, 0.25) is 11.8 Å². The SMILES string of the molecule is CCN(CC(=O)Nc1ccc(F)cc1Cl)CC(=O)Nc1ccccc1C(F)(F)F. The molecule has 0 heterocycles. The lowest BCUT2D eigenvalue weighted by Crippen LogP contribution is -2.38. The number of nitrogens with one attached hydrogen (secondary N) is 2. The van der Waals surface area contributed by atoms with Crippen LogP contribution in [0.4, 0.5) is 28.9 Å². The van der Waals surface area contributed by atoms with E-state index in [0.29, 0.717) is 6.54 Å². The van der Waals surface area contributed by atoms with E-state index in [1.807, 2.05) is 0 Å². The summed E-state index contributed by atoms with van der Waals surface area (Å²) in [6.45, 7) is 1.47. The van der Waals surface area contributed by atoms with Gasteiger partial charge >= 0.3 is 6.18 Å². The highest BCUT2D eigenvalue weighted by molar-refractivity contribution is 6.33. The van der Waals surface area contributed by atoms with Crippen LogP contribution in [-0.4, -0.2) is 36.3 Å². The Labute approximate surface area is 169 Å². The number of nitrogens with zero attached hydrogens (tertiary/aromatic N) is 1. The monoisotopic (exact) mass is 431 g/mol. The minimum absolute atomic E-state index is 0.0166. The summed E-state index contributed by atoms with van der Waals surface area (Å²) in [5, 5.41) is 4.74. The van der Waals surface area contributed by atoms with E-state index < -0.39 is 29.4 Å². The van der Waals surface area contributed by atoms with Crippen LogP contribution < -0.4 is 10.6 Å². The molecule has 2 aromatic rings. The van der Waals surface area contributed by atoms with Crippen molar-refractivity contribution in [3.05, 3.63) is 58.9 Å². The molecule has 0 aromatic heterocycles.